The van der Waals surface area contributed by atoms with Crippen LogP contribution in [0.4, 0.5) is 11.4 Å². The van der Waals surface area contributed by atoms with Crippen LogP contribution >= 0.6 is 0 Å². The van der Waals surface area contributed by atoms with Crippen LogP contribution < -0.4 is 10.6 Å². The van der Waals surface area contributed by atoms with Gasteiger partial charge in [-0.15, -0.1) is 0 Å². The number of rotatable bonds is 9. The first-order chi connectivity index (χ1) is 12.1. The fraction of sp³-hybridized carbons (Fsp3) is 0.412. The number of β-amino-alcohol motifs (C(OH)–C–C–N with tert-alkyl or cyclic N) is 1. The van der Waals surface area contributed by atoms with Gasteiger partial charge in [-0.2, -0.15) is 0 Å². The van der Waals surface area contributed by atoms with Crippen molar-refractivity contribution in [2.75, 3.05) is 57.7 Å². The second-order valence-electron chi connectivity index (χ2n) is 5.39. The van der Waals surface area contributed by atoms with Crippen molar-refractivity contribution >= 4 is 23.3 Å². The van der Waals surface area contributed by atoms with Crippen molar-refractivity contribution in [3.05, 3.63) is 35.5 Å². The van der Waals surface area contributed by atoms with Gasteiger partial charge in [-0.1, -0.05) is 12.1 Å². The van der Waals surface area contributed by atoms with Crippen LogP contribution in [0.5, 0.6) is 0 Å². The number of ether oxygens (including phenoxy) is 2. The Morgan fingerprint density at radius 3 is 2.64 bits per heavy atom. The lowest BCUT2D eigenvalue weighted by atomic mass is 10.2. The van der Waals surface area contributed by atoms with Gasteiger partial charge in [0.2, 0.25) is 0 Å². The second-order valence-corrected chi connectivity index (χ2v) is 5.39. The number of carbonyl (C=O) groups excluding carboxylic acids is 2. The summed E-state index contributed by atoms with van der Waals surface area (Å²) in [7, 11) is 2.89. The molecule has 25 heavy (non-hydrogen) atoms. The number of hydrogen-bond acceptors (Lipinski definition) is 7. The molecular weight excluding hydrogens is 326 g/mol. The molecule has 1 aliphatic rings. The number of para-hydroxylation sites is 2. The van der Waals surface area contributed by atoms with E-state index in [1.807, 2.05) is 18.2 Å². The Kier molecular flexibility index (Phi) is 6.79. The molecule has 0 saturated carbocycles. The average Bonchev–Trinajstić information content (AvgIpc) is 2.93. The number of amides is 1. The first-order valence-corrected chi connectivity index (χ1v) is 7.92. The summed E-state index contributed by atoms with van der Waals surface area (Å²) in [5.74, 6) is -0.915. The monoisotopic (exact) mass is 349 g/mol. The number of aliphatic hydroxyl groups excluding tert-OH is 1. The topological polar surface area (TPSA) is 100 Å². The number of carbonyl (C=O) groups is 2. The Bertz CT molecular complexity index is 659. The molecule has 0 atom stereocenters. The Labute approximate surface area is 146 Å². The van der Waals surface area contributed by atoms with Crippen LogP contribution in [0.15, 0.2) is 35.5 Å². The molecule has 0 unspecified atom stereocenters. The lowest BCUT2D eigenvalue weighted by molar-refractivity contribution is -0.136. The lowest BCUT2D eigenvalue weighted by Crippen LogP contribution is -2.31. The zero-order valence-corrected chi connectivity index (χ0v) is 14.4. The minimum Gasteiger partial charge on any atom is -0.466 e. The predicted molar refractivity (Wildman–Crippen MR) is 93.1 cm³/mol. The first kappa shape index (κ1) is 18.8. The summed E-state index contributed by atoms with van der Waals surface area (Å²) in [6.07, 6.45) is 0. The molecule has 1 amide bonds. The van der Waals surface area contributed by atoms with Crippen molar-refractivity contribution in [1.29, 1.82) is 0 Å². The largest absolute Gasteiger partial charge is 0.466 e. The van der Waals surface area contributed by atoms with E-state index in [1.54, 1.807) is 13.2 Å². The second kappa shape index (κ2) is 9.05. The van der Waals surface area contributed by atoms with E-state index in [2.05, 4.69) is 10.6 Å². The van der Waals surface area contributed by atoms with Crippen molar-refractivity contribution in [1.82, 2.24) is 4.90 Å². The third kappa shape index (κ3) is 4.49. The SMILES string of the molecule is COCCNc1ccccc1NC1=C(C(=O)OC)CN(CCO)C1=O. The van der Waals surface area contributed by atoms with E-state index >= 15 is 0 Å². The highest BCUT2D eigenvalue weighted by Crippen LogP contribution is 2.27. The molecule has 136 valence electrons. The summed E-state index contributed by atoms with van der Waals surface area (Å²) in [6.45, 7) is 1.21. The number of aliphatic hydroxyl groups is 1. The van der Waals surface area contributed by atoms with Gasteiger partial charge in [-0.05, 0) is 12.1 Å². The highest BCUT2D eigenvalue weighted by atomic mass is 16.5. The van der Waals surface area contributed by atoms with Gasteiger partial charge in [0.15, 0.2) is 0 Å². The Morgan fingerprint density at radius 2 is 2.00 bits per heavy atom. The Balaban J connectivity index is 2.26. The maximum atomic E-state index is 12.5. The van der Waals surface area contributed by atoms with E-state index in [-0.39, 0.29) is 36.9 Å². The molecule has 3 N–H and O–H groups in total. The van der Waals surface area contributed by atoms with Gasteiger partial charge in [0, 0.05) is 20.2 Å². The molecule has 8 nitrogen and oxygen atoms in total. The fourth-order valence-corrected chi connectivity index (χ4v) is 2.52. The van der Waals surface area contributed by atoms with Crippen LogP contribution in [0.25, 0.3) is 0 Å². The molecule has 1 aromatic carbocycles. The molecule has 8 heteroatoms. The number of nitrogens with one attached hydrogen (secondary N) is 2. The number of methoxy groups -OCH3 is 2. The minimum absolute atomic E-state index is 0.105. The minimum atomic E-state index is -0.568. The number of anilines is 2. The summed E-state index contributed by atoms with van der Waals surface area (Å²) in [4.78, 5) is 26.0. The van der Waals surface area contributed by atoms with Gasteiger partial charge >= 0.3 is 5.97 Å². The van der Waals surface area contributed by atoms with Crippen LogP contribution in [0.2, 0.25) is 0 Å². The van der Waals surface area contributed by atoms with E-state index in [0.717, 1.165) is 5.69 Å². The van der Waals surface area contributed by atoms with E-state index in [1.165, 1.54) is 12.0 Å². The average molecular weight is 349 g/mol. The van der Waals surface area contributed by atoms with Crippen LogP contribution in [0.1, 0.15) is 0 Å². The van der Waals surface area contributed by atoms with E-state index < -0.39 is 5.97 Å². The summed E-state index contributed by atoms with van der Waals surface area (Å²) >= 11 is 0. The number of esters is 1. The molecule has 2 rings (SSSR count). The molecule has 1 heterocycles. The third-order valence-electron chi connectivity index (χ3n) is 3.76. The zero-order valence-electron chi connectivity index (χ0n) is 14.4. The first-order valence-electron chi connectivity index (χ1n) is 7.92. The van der Waals surface area contributed by atoms with Crippen LogP contribution in [0, 0.1) is 0 Å². The summed E-state index contributed by atoms with van der Waals surface area (Å²) < 4.78 is 9.80. The highest BCUT2D eigenvalue weighted by Gasteiger charge is 2.34. The third-order valence-corrected chi connectivity index (χ3v) is 3.76. The molecule has 0 saturated heterocycles. The van der Waals surface area contributed by atoms with Crippen molar-refractivity contribution in [2.24, 2.45) is 0 Å². The van der Waals surface area contributed by atoms with E-state index in [9.17, 15) is 9.59 Å². The summed E-state index contributed by atoms with van der Waals surface area (Å²) in [5.41, 5.74) is 1.85. The fourth-order valence-electron chi connectivity index (χ4n) is 2.52. The van der Waals surface area contributed by atoms with Gasteiger partial charge in [-0.3, -0.25) is 4.79 Å². The predicted octanol–water partition coefficient (Wildman–Crippen LogP) is 0.418. The van der Waals surface area contributed by atoms with Gasteiger partial charge in [0.05, 0.1) is 43.8 Å². The Hall–Kier alpha value is -2.58. The van der Waals surface area contributed by atoms with Gasteiger partial charge in [-0.25, -0.2) is 4.79 Å². The van der Waals surface area contributed by atoms with Gasteiger partial charge in [0.1, 0.15) is 5.70 Å². The van der Waals surface area contributed by atoms with Crippen molar-refractivity contribution < 1.29 is 24.2 Å². The van der Waals surface area contributed by atoms with E-state index in [0.29, 0.717) is 18.8 Å². The maximum Gasteiger partial charge on any atom is 0.337 e. The molecule has 0 bridgehead atoms. The van der Waals surface area contributed by atoms with Crippen molar-refractivity contribution in [3.63, 3.8) is 0 Å². The molecule has 0 aliphatic carbocycles. The van der Waals surface area contributed by atoms with Gasteiger partial charge < -0.3 is 30.1 Å². The molecule has 0 spiro atoms. The molecular formula is C17H23N3O5. The zero-order chi connectivity index (χ0) is 18.2. The smallest absolute Gasteiger partial charge is 0.337 e. The summed E-state index contributed by atoms with van der Waals surface area (Å²) in [5, 5.41) is 15.3. The summed E-state index contributed by atoms with van der Waals surface area (Å²) in [6, 6.07) is 7.36. The number of benzene rings is 1. The molecule has 1 aliphatic heterocycles. The number of hydrogen-bond donors (Lipinski definition) is 3. The van der Waals surface area contributed by atoms with E-state index in [4.69, 9.17) is 14.6 Å². The lowest BCUT2D eigenvalue weighted by Gasteiger charge is -2.16. The molecule has 0 fully saturated rings. The van der Waals surface area contributed by atoms with Crippen molar-refractivity contribution in [3.8, 4) is 0 Å². The molecule has 0 aromatic heterocycles. The van der Waals surface area contributed by atoms with Crippen LogP contribution in [-0.2, 0) is 19.1 Å². The van der Waals surface area contributed by atoms with Crippen LogP contribution in [-0.4, -0.2) is 69.0 Å². The van der Waals surface area contributed by atoms with Gasteiger partial charge in [0.25, 0.3) is 5.91 Å². The molecule has 0 radical (unpaired) electrons. The standard InChI is InChI=1S/C17H23N3O5/c1-24-10-7-18-13-5-3-4-6-14(13)19-15-12(17(23)25-2)11-20(8-9-21)16(15)22/h3-6,18-19,21H,7-11H2,1-2H3. The quantitative estimate of drug-likeness (QED) is 0.439. The number of nitrogens with zero attached hydrogens (tertiary/aromatic N) is 1. The van der Waals surface area contributed by atoms with Crippen LogP contribution in [0.3, 0.4) is 0 Å². The Morgan fingerprint density at radius 1 is 1.28 bits per heavy atom. The normalized spacial score (nSPS) is 14.0. The maximum absolute atomic E-state index is 12.5. The highest BCUT2D eigenvalue weighted by molar-refractivity contribution is 6.09. The van der Waals surface area contributed by atoms with Crippen molar-refractivity contribution in [2.45, 2.75) is 0 Å². The molecule has 1 aromatic rings.